The summed E-state index contributed by atoms with van der Waals surface area (Å²) in [6.45, 7) is 3.08. The lowest BCUT2D eigenvalue weighted by molar-refractivity contribution is 0.280. The Balaban J connectivity index is 1.75. The van der Waals surface area contributed by atoms with Crippen molar-refractivity contribution in [2.45, 2.75) is 19.4 Å². The fourth-order valence-electron chi connectivity index (χ4n) is 3.33. The number of rotatable bonds is 4. The largest absolute Gasteiger partial charge is 0.355 e. The molecule has 0 amide bonds. The lowest BCUT2D eigenvalue weighted by atomic mass is 10.0. The first-order chi connectivity index (χ1) is 13.6. The number of aromatic nitrogens is 2. The van der Waals surface area contributed by atoms with Crippen molar-refractivity contribution >= 4 is 16.9 Å². The maximum atomic E-state index is 13.6. The van der Waals surface area contributed by atoms with Crippen LogP contribution in [0.1, 0.15) is 19.0 Å². The Morgan fingerprint density at radius 3 is 2.68 bits per heavy atom. The number of halogens is 1. The SMILES string of the molecule is CC1CC=C(c2cc(Nc3cccc(F)c3)cc(-c3cccnc3)n2)CN1C. The number of hydrogen-bond acceptors (Lipinski definition) is 4. The van der Waals surface area contributed by atoms with Crippen molar-refractivity contribution in [3.8, 4) is 11.3 Å². The van der Waals surface area contributed by atoms with E-state index in [-0.39, 0.29) is 5.82 Å². The number of nitrogens with one attached hydrogen (secondary N) is 1. The number of likely N-dealkylation sites (N-methyl/N-ethyl adjacent to an activating group) is 1. The predicted octanol–water partition coefficient (Wildman–Crippen LogP) is 5.13. The molecule has 1 aromatic carbocycles. The summed E-state index contributed by atoms with van der Waals surface area (Å²) in [6, 6.07) is 14.9. The summed E-state index contributed by atoms with van der Waals surface area (Å²) in [4.78, 5) is 11.4. The number of nitrogens with zero attached hydrogens (tertiary/aromatic N) is 3. The minimum atomic E-state index is -0.266. The van der Waals surface area contributed by atoms with Crippen molar-refractivity contribution in [1.82, 2.24) is 14.9 Å². The molecule has 4 nitrogen and oxygen atoms in total. The van der Waals surface area contributed by atoms with E-state index in [1.54, 1.807) is 12.3 Å². The molecule has 0 spiro atoms. The van der Waals surface area contributed by atoms with Crippen molar-refractivity contribution in [1.29, 1.82) is 0 Å². The standard InChI is InChI=1S/C23H23FN4/c1-16-8-9-18(15-28(16)2)23-13-21(26-20-7-3-6-19(24)11-20)12-22(27-23)17-5-4-10-25-14-17/h3-7,9-14,16H,8,15H2,1-2H3,(H,26,27). The highest BCUT2D eigenvalue weighted by atomic mass is 19.1. The van der Waals surface area contributed by atoms with E-state index in [0.29, 0.717) is 11.7 Å². The first kappa shape index (κ1) is 18.3. The van der Waals surface area contributed by atoms with Crippen LogP contribution in [0.4, 0.5) is 15.8 Å². The van der Waals surface area contributed by atoms with Crippen molar-refractivity contribution in [2.75, 3.05) is 18.9 Å². The monoisotopic (exact) mass is 374 g/mol. The third-order valence-electron chi connectivity index (χ3n) is 5.10. The minimum Gasteiger partial charge on any atom is -0.355 e. The summed E-state index contributed by atoms with van der Waals surface area (Å²) in [5.41, 5.74) is 5.50. The maximum Gasteiger partial charge on any atom is 0.125 e. The third-order valence-corrected chi connectivity index (χ3v) is 5.10. The molecule has 0 bridgehead atoms. The molecule has 0 saturated carbocycles. The van der Waals surface area contributed by atoms with E-state index >= 15 is 0 Å². The summed E-state index contributed by atoms with van der Waals surface area (Å²) < 4.78 is 13.6. The molecular weight excluding hydrogens is 351 g/mol. The molecule has 3 aromatic rings. The Kier molecular flexibility index (Phi) is 5.17. The van der Waals surface area contributed by atoms with E-state index in [1.165, 1.54) is 17.7 Å². The highest BCUT2D eigenvalue weighted by Gasteiger charge is 2.18. The van der Waals surface area contributed by atoms with Crippen molar-refractivity contribution in [2.24, 2.45) is 0 Å². The van der Waals surface area contributed by atoms with Crippen molar-refractivity contribution < 1.29 is 4.39 Å². The van der Waals surface area contributed by atoms with Crippen LogP contribution in [0.3, 0.4) is 0 Å². The van der Waals surface area contributed by atoms with Gasteiger partial charge >= 0.3 is 0 Å². The zero-order chi connectivity index (χ0) is 19.5. The minimum absolute atomic E-state index is 0.266. The van der Waals surface area contributed by atoms with Crippen LogP contribution < -0.4 is 5.32 Å². The second-order valence-electron chi connectivity index (χ2n) is 7.23. The highest BCUT2D eigenvalue weighted by Crippen LogP contribution is 2.29. The molecule has 0 radical (unpaired) electrons. The van der Waals surface area contributed by atoms with Gasteiger partial charge in [0, 0.05) is 41.9 Å². The van der Waals surface area contributed by atoms with Gasteiger partial charge in [0.1, 0.15) is 5.82 Å². The average molecular weight is 374 g/mol. The van der Waals surface area contributed by atoms with Gasteiger partial charge in [-0.2, -0.15) is 0 Å². The molecule has 1 aliphatic rings. The average Bonchev–Trinajstić information content (AvgIpc) is 2.70. The van der Waals surface area contributed by atoms with E-state index in [4.69, 9.17) is 4.98 Å². The van der Waals surface area contributed by atoms with Gasteiger partial charge in [-0.05, 0) is 68.4 Å². The molecule has 0 aliphatic carbocycles. The Bertz CT molecular complexity index is 1000. The van der Waals surface area contributed by atoms with Crippen LogP contribution >= 0.6 is 0 Å². The lowest BCUT2D eigenvalue weighted by Crippen LogP contribution is -2.33. The number of benzene rings is 1. The van der Waals surface area contributed by atoms with E-state index in [9.17, 15) is 4.39 Å². The second-order valence-corrected chi connectivity index (χ2v) is 7.23. The fraction of sp³-hybridized carbons (Fsp3) is 0.217. The van der Waals surface area contributed by atoms with Gasteiger partial charge in [-0.1, -0.05) is 12.1 Å². The van der Waals surface area contributed by atoms with Crippen molar-refractivity contribution in [3.63, 3.8) is 0 Å². The molecule has 1 unspecified atom stereocenters. The predicted molar refractivity (Wildman–Crippen MR) is 112 cm³/mol. The zero-order valence-electron chi connectivity index (χ0n) is 16.1. The van der Waals surface area contributed by atoms with E-state index in [1.807, 2.05) is 36.5 Å². The van der Waals surface area contributed by atoms with Crippen LogP contribution in [0.25, 0.3) is 16.8 Å². The molecule has 142 valence electrons. The van der Waals surface area contributed by atoms with Gasteiger partial charge in [0.2, 0.25) is 0 Å². The van der Waals surface area contributed by atoms with E-state index < -0.39 is 0 Å². The first-order valence-electron chi connectivity index (χ1n) is 9.43. The summed E-state index contributed by atoms with van der Waals surface area (Å²) >= 11 is 0. The molecule has 5 heteroatoms. The molecule has 3 heterocycles. The quantitative estimate of drug-likeness (QED) is 0.687. The second kappa shape index (κ2) is 7.90. The third kappa shape index (κ3) is 4.10. The van der Waals surface area contributed by atoms with Gasteiger partial charge in [0.05, 0.1) is 11.4 Å². The Morgan fingerprint density at radius 1 is 1.07 bits per heavy atom. The lowest BCUT2D eigenvalue weighted by Gasteiger charge is -2.29. The molecular formula is C23H23FN4. The van der Waals surface area contributed by atoms with Gasteiger partial charge in [-0.25, -0.2) is 9.37 Å². The molecule has 1 N–H and O–H groups in total. The number of pyridine rings is 2. The van der Waals surface area contributed by atoms with Crippen LogP contribution in [0.15, 0.2) is 67.0 Å². The van der Waals surface area contributed by atoms with E-state index in [2.05, 4.69) is 35.2 Å². The molecule has 0 saturated heterocycles. The molecule has 1 aliphatic heterocycles. The normalized spacial score (nSPS) is 17.2. The summed E-state index contributed by atoms with van der Waals surface area (Å²) in [5.74, 6) is -0.266. The van der Waals surface area contributed by atoms with Gasteiger partial charge in [-0.15, -0.1) is 0 Å². The summed E-state index contributed by atoms with van der Waals surface area (Å²) in [6.07, 6.45) is 6.82. The van der Waals surface area contributed by atoms with Crippen LogP contribution in [0, 0.1) is 5.82 Å². The smallest absolute Gasteiger partial charge is 0.125 e. The Hall–Kier alpha value is -3.05. The van der Waals surface area contributed by atoms with Crippen LogP contribution in [0.5, 0.6) is 0 Å². The molecule has 4 rings (SSSR count). The van der Waals surface area contributed by atoms with Gasteiger partial charge in [0.15, 0.2) is 0 Å². The number of hydrogen-bond donors (Lipinski definition) is 1. The molecule has 0 fully saturated rings. The van der Waals surface area contributed by atoms with Crippen LogP contribution in [0.2, 0.25) is 0 Å². The molecule has 28 heavy (non-hydrogen) atoms. The van der Waals surface area contributed by atoms with Gasteiger partial charge in [0.25, 0.3) is 0 Å². The summed E-state index contributed by atoms with van der Waals surface area (Å²) in [5, 5.41) is 3.31. The Morgan fingerprint density at radius 2 is 1.93 bits per heavy atom. The van der Waals surface area contributed by atoms with E-state index in [0.717, 1.165) is 35.6 Å². The van der Waals surface area contributed by atoms with Gasteiger partial charge < -0.3 is 5.32 Å². The van der Waals surface area contributed by atoms with Gasteiger partial charge in [-0.3, -0.25) is 9.88 Å². The van der Waals surface area contributed by atoms with Crippen LogP contribution in [-0.4, -0.2) is 34.5 Å². The molecule has 1 atom stereocenters. The van der Waals surface area contributed by atoms with Crippen LogP contribution in [-0.2, 0) is 0 Å². The van der Waals surface area contributed by atoms with Crippen molar-refractivity contribution in [3.05, 3.63) is 78.5 Å². The number of anilines is 2. The highest BCUT2D eigenvalue weighted by molar-refractivity contribution is 5.74. The molecule has 2 aromatic heterocycles. The summed E-state index contributed by atoms with van der Waals surface area (Å²) in [7, 11) is 2.13. The fourth-order valence-corrected chi connectivity index (χ4v) is 3.33. The zero-order valence-corrected chi connectivity index (χ0v) is 16.1. The Labute approximate surface area is 164 Å². The maximum absolute atomic E-state index is 13.6. The topological polar surface area (TPSA) is 41.1 Å². The first-order valence-corrected chi connectivity index (χ1v) is 9.43.